The topological polar surface area (TPSA) is 53.8 Å². The van der Waals surface area contributed by atoms with Crippen LogP contribution in [0.1, 0.15) is 56.9 Å². The average Bonchev–Trinajstić information content (AvgIpc) is 3.23. The summed E-state index contributed by atoms with van der Waals surface area (Å²) in [6, 6.07) is 3.10. The smallest absolute Gasteiger partial charge is 0.274 e. The fourth-order valence-electron chi connectivity index (χ4n) is 5.21. The number of amides is 1. The molecule has 162 valence electrons. The van der Waals surface area contributed by atoms with E-state index in [4.69, 9.17) is 4.74 Å². The molecule has 7 nitrogen and oxygen atoms in total. The van der Waals surface area contributed by atoms with Crippen molar-refractivity contribution in [2.75, 3.05) is 45.9 Å². The third-order valence-electron chi connectivity index (χ3n) is 7.21. The molecule has 0 saturated carbocycles. The number of likely N-dealkylation sites (tertiary alicyclic amines) is 1. The molecule has 1 spiro atoms. The predicted octanol–water partition coefficient (Wildman–Crippen LogP) is 2.08. The molecule has 1 amide bonds. The van der Waals surface area contributed by atoms with E-state index in [9.17, 15) is 4.79 Å². The Morgan fingerprint density at radius 2 is 1.93 bits per heavy atom. The van der Waals surface area contributed by atoms with Gasteiger partial charge in [-0.3, -0.25) is 19.3 Å². The molecule has 4 heterocycles. The van der Waals surface area contributed by atoms with E-state index in [1.54, 1.807) is 0 Å². The van der Waals surface area contributed by atoms with E-state index >= 15 is 0 Å². The van der Waals surface area contributed by atoms with Crippen molar-refractivity contribution >= 4 is 5.91 Å². The summed E-state index contributed by atoms with van der Waals surface area (Å²) < 4.78 is 8.16. The van der Waals surface area contributed by atoms with Gasteiger partial charge in [0.05, 0.1) is 5.60 Å². The average molecular weight is 404 g/mol. The Morgan fingerprint density at radius 3 is 2.55 bits per heavy atom. The first-order valence-electron chi connectivity index (χ1n) is 11.4. The lowest BCUT2D eigenvalue weighted by Crippen LogP contribution is -2.58. The summed E-state index contributed by atoms with van der Waals surface area (Å²) in [5, 5.41) is 4.38. The Hall–Kier alpha value is -1.44. The molecule has 4 rings (SSSR count). The van der Waals surface area contributed by atoms with Gasteiger partial charge in [-0.15, -0.1) is 0 Å². The first-order chi connectivity index (χ1) is 14.0. The van der Waals surface area contributed by atoms with Crippen LogP contribution in [0, 0.1) is 0 Å². The van der Waals surface area contributed by atoms with Crippen molar-refractivity contribution in [1.29, 1.82) is 0 Å². The van der Waals surface area contributed by atoms with Gasteiger partial charge in [-0.1, -0.05) is 0 Å². The van der Waals surface area contributed by atoms with E-state index in [0.717, 1.165) is 51.9 Å². The second kappa shape index (κ2) is 8.74. The molecule has 1 aromatic heterocycles. The van der Waals surface area contributed by atoms with E-state index in [1.807, 2.05) is 28.8 Å². The maximum Gasteiger partial charge on any atom is 0.274 e. The molecular weight excluding hydrogens is 366 g/mol. The van der Waals surface area contributed by atoms with Crippen molar-refractivity contribution in [2.24, 2.45) is 0 Å². The van der Waals surface area contributed by atoms with Crippen LogP contribution in [0.15, 0.2) is 12.3 Å². The summed E-state index contributed by atoms with van der Waals surface area (Å²) >= 11 is 0. The number of carbonyl (C=O) groups is 1. The molecule has 0 N–H and O–H groups in total. The highest BCUT2D eigenvalue weighted by Crippen LogP contribution is 2.37. The number of nitrogens with zero attached hydrogens (tertiary/aromatic N) is 5. The second-order valence-corrected chi connectivity index (χ2v) is 9.19. The molecule has 1 atom stereocenters. The zero-order valence-corrected chi connectivity index (χ0v) is 18.3. The largest absolute Gasteiger partial charge is 0.375 e. The molecule has 3 fully saturated rings. The van der Waals surface area contributed by atoms with Gasteiger partial charge in [0.25, 0.3) is 5.91 Å². The van der Waals surface area contributed by atoms with Gasteiger partial charge in [-0.25, -0.2) is 0 Å². The van der Waals surface area contributed by atoms with Crippen LogP contribution in [-0.4, -0.2) is 93.9 Å². The Bertz CT molecular complexity index is 687. The minimum atomic E-state index is -0.0440. The molecule has 3 aliphatic heterocycles. The van der Waals surface area contributed by atoms with Gasteiger partial charge in [0.15, 0.2) is 0 Å². The van der Waals surface area contributed by atoms with Crippen molar-refractivity contribution in [2.45, 2.75) is 70.7 Å². The Kier molecular flexibility index (Phi) is 6.27. The minimum Gasteiger partial charge on any atom is -0.375 e. The van der Waals surface area contributed by atoms with Gasteiger partial charge in [0.2, 0.25) is 0 Å². The van der Waals surface area contributed by atoms with Crippen LogP contribution in [0.4, 0.5) is 0 Å². The lowest BCUT2D eigenvalue weighted by atomic mass is 9.81. The molecule has 3 aliphatic rings. The van der Waals surface area contributed by atoms with Crippen LogP contribution in [-0.2, 0) is 11.3 Å². The van der Waals surface area contributed by atoms with Crippen LogP contribution < -0.4 is 0 Å². The minimum absolute atomic E-state index is 0.0440. The highest BCUT2D eigenvalue weighted by Gasteiger charge is 2.43. The van der Waals surface area contributed by atoms with Crippen LogP contribution in [0.25, 0.3) is 0 Å². The Morgan fingerprint density at radius 1 is 1.21 bits per heavy atom. The lowest BCUT2D eigenvalue weighted by molar-refractivity contribution is -0.132. The summed E-state index contributed by atoms with van der Waals surface area (Å²) in [7, 11) is 0. The predicted molar refractivity (Wildman–Crippen MR) is 113 cm³/mol. The fourth-order valence-corrected chi connectivity index (χ4v) is 5.21. The fraction of sp³-hybridized carbons (Fsp3) is 0.818. The van der Waals surface area contributed by atoms with E-state index in [1.165, 1.54) is 26.2 Å². The number of aryl methyl sites for hydroxylation is 1. The molecule has 7 heteroatoms. The van der Waals surface area contributed by atoms with E-state index in [2.05, 4.69) is 28.7 Å². The third kappa shape index (κ3) is 4.52. The Balaban J connectivity index is 1.31. The van der Waals surface area contributed by atoms with Crippen molar-refractivity contribution in [1.82, 2.24) is 24.5 Å². The first-order valence-corrected chi connectivity index (χ1v) is 11.4. The molecule has 1 aromatic rings. The van der Waals surface area contributed by atoms with E-state index in [-0.39, 0.29) is 11.5 Å². The SMILES string of the molecule is CCn1ccc(C(=O)N2CCC3(CC2)CC(N2CCN(C(C)C)CC2)CCO3)n1. The number of piperidine rings is 1. The summed E-state index contributed by atoms with van der Waals surface area (Å²) in [5.74, 6) is 0.0595. The van der Waals surface area contributed by atoms with E-state index in [0.29, 0.717) is 17.8 Å². The van der Waals surface area contributed by atoms with Gasteiger partial charge in [-0.2, -0.15) is 5.10 Å². The second-order valence-electron chi connectivity index (χ2n) is 9.19. The van der Waals surface area contributed by atoms with Crippen LogP contribution >= 0.6 is 0 Å². The van der Waals surface area contributed by atoms with Crippen LogP contribution in [0.3, 0.4) is 0 Å². The lowest BCUT2D eigenvalue weighted by Gasteiger charge is -2.50. The van der Waals surface area contributed by atoms with Gasteiger partial charge in [0, 0.05) is 70.7 Å². The number of aromatic nitrogens is 2. The van der Waals surface area contributed by atoms with Crippen molar-refractivity contribution < 1.29 is 9.53 Å². The van der Waals surface area contributed by atoms with Crippen molar-refractivity contribution in [3.63, 3.8) is 0 Å². The number of ether oxygens (including phenoxy) is 1. The summed E-state index contributed by atoms with van der Waals surface area (Å²) in [5.41, 5.74) is 0.519. The summed E-state index contributed by atoms with van der Waals surface area (Å²) in [6.07, 6.45) is 6.01. The maximum atomic E-state index is 12.8. The third-order valence-corrected chi connectivity index (χ3v) is 7.21. The number of hydrogen-bond donors (Lipinski definition) is 0. The number of rotatable bonds is 4. The highest BCUT2D eigenvalue weighted by molar-refractivity contribution is 5.92. The van der Waals surface area contributed by atoms with Gasteiger partial charge in [-0.05, 0) is 52.5 Å². The maximum absolute atomic E-state index is 12.8. The molecule has 0 bridgehead atoms. The molecule has 29 heavy (non-hydrogen) atoms. The monoisotopic (exact) mass is 403 g/mol. The molecule has 0 aliphatic carbocycles. The van der Waals surface area contributed by atoms with Crippen LogP contribution in [0.5, 0.6) is 0 Å². The summed E-state index contributed by atoms with van der Waals surface area (Å²) in [4.78, 5) is 20.0. The Labute approximate surface area is 175 Å². The van der Waals surface area contributed by atoms with Crippen molar-refractivity contribution in [3.8, 4) is 0 Å². The van der Waals surface area contributed by atoms with Crippen molar-refractivity contribution in [3.05, 3.63) is 18.0 Å². The van der Waals surface area contributed by atoms with Crippen LogP contribution in [0.2, 0.25) is 0 Å². The van der Waals surface area contributed by atoms with Gasteiger partial charge in [0.1, 0.15) is 5.69 Å². The van der Waals surface area contributed by atoms with Gasteiger partial charge < -0.3 is 9.64 Å². The quantitative estimate of drug-likeness (QED) is 0.771. The number of carbonyl (C=O) groups excluding carboxylic acids is 1. The van der Waals surface area contributed by atoms with E-state index < -0.39 is 0 Å². The molecule has 3 saturated heterocycles. The standard InChI is InChI=1S/C22H37N5O2/c1-4-27-9-5-20(23-27)21(28)26-10-7-22(8-11-26)17-19(6-16-29-22)25-14-12-24(13-15-25)18(2)3/h5,9,18-19H,4,6-8,10-17H2,1-3H3. The first kappa shape index (κ1) is 20.8. The highest BCUT2D eigenvalue weighted by atomic mass is 16.5. The molecule has 1 unspecified atom stereocenters. The normalized spacial score (nSPS) is 26.3. The molecular formula is C22H37N5O2. The molecule has 0 radical (unpaired) electrons. The number of hydrogen-bond acceptors (Lipinski definition) is 5. The van der Waals surface area contributed by atoms with Gasteiger partial charge >= 0.3 is 0 Å². The molecule has 0 aromatic carbocycles. The zero-order chi connectivity index (χ0) is 20.4. The number of piperazine rings is 1. The summed E-state index contributed by atoms with van der Waals surface area (Å²) in [6.45, 7) is 14.5. The zero-order valence-electron chi connectivity index (χ0n) is 18.3.